The SMILES string of the molecule is C[C@H](CS(=O)(=O)c1ccc2c(c1)NC(=O)CCS2)C(=O)Nc1cccc(F)c1. The number of anilines is 2. The Morgan fingerprint density at radius 3 is 2.82 bits per heavy atom. The number of carbonyl (C=O) groups is 2. The van der Waals surface area contributed by atoms with Crippen molar-refractivity contribution in [3.05, 3.63) is 48.3 Å². The number of halogens is 1. The van der Waals surface area contributed by atoms with Crippen LogP contribution < -0.4 is 10.6 Å². The molecule has 1 aliphatic rings. The molecule has 2 aromatic rings. The Labute approximate surface area is 166 Å². The molecule has 0 radical (unpaired) electrons. The summed E-state index contributed by atoms with van der Waals surface area (Å²) < 4.78 is 38.7. The summed E-state index contributed by atoms with van der Waals surface area (Å²) in [6.45, 7) is 1.49. The summed E-state index contributed by atoms with van der Waals surface area (Å²) in [5.41, 5.74) is 0.726. The maximum absolute atomic E-state index is 13.2. The molecule has 2 aromatic carbocycles. The topological polar surface area (TPSA) is 92.3 Å². The maximum atomic E-state index is 13.2. The summed E-state index contributed by atoms with van der Waals surface area (Å²) in [5, 5.41) is 5.23. The summed E-state index contributed by atoms with van der Waals surface area (Å²) in [5.74, 6) is -1.81. The van der Waals surface area contributed by atoms with E-state index >= 15 is 0 Å². The summed E-state index contributed by atoms with van der Waals surface area (Å²) in [4.78, 5) is 24.9. The van der Waals surface area contributed by atoms with Crippen LogP contribution in [0.3, 0.4) is 0 Å². The van der Waals surface area contributed by atoms with Gasteiger partial charge in [-0.05, 0) is 36.4 Å². The molecule has 0 bridgehead atoms. The predicted octanol–water partition coefficient (Wildman–Crippen LogP) is 3.31. The van der Waals surface area contributed by atoms with Crippen molar-refractivity contribution >= 4 is 44.8 Å². The second kappa shape index (κ2) is 8.32. The van der Waals surface area contributed by atoms with Crippen molar-refractivity contribution in [3.8, 4) is 0 Å². The van der Waals surface area contributed by atoms with Gasteiger partial charge in [-0.2, -0.15) is 0 Å². The molecule has 28 heavy (non-hydrogen) atoms. The van der Waals surface area contributed by atoms with E-state index < -0.39 is 33.2 Å². The first-order chi connectivity index (χ1) is 13.2. The Hall–Kier alpha value is -2.39. The van der Waals surface area contributed by atoms with Crippen molar-refractivity contribution < 1.29 is 22.4 Å². The normalized spacial score (nSPS) is 15.1. The van der Waals surface area contributed by atoms with E-state index in [1.807, 2.05) is 0 Å². The number of rotatable bonds is 5. The fraction of sp³-hybridized carbons (Fsp3) is 0.263. The zero-order chi connectivity index (χ0) is 20.3. The molecular formula is C19H19FN2O4S2. The van der Waals surface area contributed by atoms with Gasteiger partial charge < -0.3 is 10.6 Å². The van der Waals surface area contributed by atoms with Crippen LogP contribution in [0.15, 0.2) is 52.3 Å². The van der Waals surface area contributed by atoms with Crippen molar-refractivity contribution in [3.63, 3.8) is 0 Å². The van der Waals surface area contributed by atoms with Gasteiger partial charge in [0.05, 0.1) is 16.3 Å². The molecule has 1 heterocycles. The van der Waals surface area contributed by atoms with E-state index in [0.29, 0.717) is 17.9 Å². The van der Waals surface area contributed by atoms with E-state index in [4.69, 9.17) is 0 Å². The van der Waals surface area contributed by atoms with Gasteiger partial charge in [-0.3, -0.25) is 9.59 Å². The van der Waals surface area contributed by atoms with Crippen LogP contribution in [0.25, 0.3) is 0 Å². The minimum Gasteiger partial charge on any atom is -0.326 e. The fourth-order valence-electron chi connectivity index (χ4n) is 2.73. The number of hydrogen-bond acceptors (Lipinski definition) is 5. The number of thioether (sulfide) groups is 1. The van der Waals surface area contributed by atoms with Crippen LogP contribution in [0.1, 0.15) is 13.3 Å². The lowest BCUT2D eigenvalue weighted by atomic mass is 10.2. The fourth-order valence-corrected chi connectivity index (χ4v) is 5.24. The largest absolute Gasteiger partial charge is 0.326 e. The van der Waals surface area contributed by atoms with Gasteiger partial charge in [0, 0.05) is 28.7 Å². The zero-order valence-corrected chi connectivity index (χ0v) is 16.7. The molecular weight excluding hydrogens is 403 g/mol. The van der Waals surface area contributed by atoms with Gasteiger partial charge in [-0.15, -0.1) is 11.8 Å². The maximum Gasteiger partial charge on any atom is 0.228 e. The lowest BCUT2D eigenvalue weighted by Crippen LogP contribution is -2.27. The number of nitrogens with one attached hydrogen (secondary N) is 2. The zero-order valence-electron chi connectivity index (χ0n) is 15.1. The Kier molecular flexibility index (Phi) is 6.04. The predicted molar refractivity (Wildman–Crippen MR) is 107 cm³/mol. The van der Waals surface area contributed by atoms with E-state index in [9.17, 15) is 22.4 Å². The number of hydrogen-bond donors (Lipinski definition) is 2. The molecule has 1 atom stereocenters. The van der Waals surface area contributed by atoms with Gasteiger partial charge >= 0.3 is 0 Å². The van der Waals surface area contributed by atoms with Crippen LogP contribution in [0.2, 0.25) is 0 Å². The van der Waals surface area contributed by atoms with Crippen LogP contribution in [0.4, 0.5) is 15.8 Å². The van der Waals surface area contributed by atoms with Crippen LogP contribution in [-0.2, 0) is 19.4 Å². The van der Waals surface area contributed by atoms with E-state index in [-0.39, 0.29) is 16.5 Å². The van der Waals surface area contributed by atoms with Crippen LogP contribution >= 0.6 is 11.8 Å². The molecule has 0 unspecified atom stereocenters. The van der Waals surface area contributed by atoms with E-state index in [0.717, 1.165) is 11.0 Å². The molecule has 9 heteroatoms. The molecule has 0 spiro atoms. The standard InChI is InChI=1S/C19H19FN2O4S2/c1-12(19(24)21-14-4-2-3-13(20)9-14)11-28(25,26)15-5-6-17-16(10-15)22-18(23)7-8-27-17/h2-6,9-10,12H,7-8,11H2,1H3,(H,21,24)(H,22,23)/t12-/m1/s1. The molecule has 0 saturated heterocycles. The quantitative estimate of drug-likeness (QED) is 0.771. The molecule has 2 amide bonds. The number of sulfone groups is 1. The first-order valence-corrected chi connectivity index (χ1v) is 11.2. The molecule has 0 fully saturated rings. The molecule has 0 aliphatic carbocycles. The minimum atomic E-state index is -3.76. The number of fused-ring (bicyclic) bond motifs is 1. The average molecular weight is 423 g/mol. The Morgan fingerprint density at radius 1 is 1.29 bits per heavy atom. The molecule has 2 N–H and O–H groups in total. The van der Waals surface area contributed by atoms with E-state index in [2.05, 4.69) is 10.6 Å². The second-order valence-electron chi connectivity index (χ2n) is 6.49. The van der Waals surface area contributed by atoms with Gasteiger partial charge in [0.15, 0.2) is 9.84 Å². The summed E-state index contributed by atoms with van der Waals surface area (Å²) in [6.07, 6.45) is 0.360. The third-order valence-corrected chi connectivity index (χ3v) is 7.17. The molecule has 3 rings (SSSR count). The first kappa shape index (κ1) is 20.3. The second-order valence-corrected chi connectivity index (χ2v) is 9.66. The lowest BCUT2D eigenvalue weighted by molar-refractivity contribution is -0.119. The van der Waals surface area contributed by atoms with E-state index in [1.165, 1.54) is 49.0 Å². The molecule has 0 aromatic heterocycles. The number of carbonyl (C=O) groups excluding carboxylic acids is 2. The van der Waals surface area contributed by atoms with Crippen molar-refractivity contribution in [1.82, 2.24) is 0 Å². The van der Waals surface area contributed by atoms with Crippen molar-refractivity contribution in [2.75, 3.05) is 22.1 Å². The van der Waals surface area contributed by atoms with Gasteiger partial charge in [0.2, 0.25) is 11.8 Å². The monoisotopic (exact) mass is 422 g/mol. The first-order valence-electron chi connectivity index (χ1n) is 8.60. The van der Waals surface area contributed by atoms with Crippen molar-refractivity contribution in [1.29, 1.82) is 0 Å². The Bertz CT molecular complexity index is 1020. The van der Waals surface area contributed by atoms with Crippen molar-refractivity contribution in [2.24, 2.45) is 5.92 Å². The molecule has 6 nitrogen and oxygen atoms in total. The van der Waals surface area contributed by atoms with Crippen LogP contribution in [0, 0.1) is 11.7 Å². The van der Waals surface area contributed by atoms with Gasteiger partial charge in [0.25, 0.3) is 0 Å². The molecule has 0 saturated carbocycles. The van der Waals surface area contributed by atoms with Crippen molar-refractivity contribution in [2.45, 2.75) is 23.1 Å². The third kappa shape index (κ3) is 4.90. The van der Waals surface area contributed by atoms with Crippen LogP contribution in [-0.4, -0.2) is 31.7 Å². The highest BCUT2D eigenvalue weighted by Crippen LogP contribution is 2.33. The Morgan fingerprint density at radius 2 is 2.07 bits per heavy atom. The smallest absolute Gasteiger partial charge is 0.228 e. The lowest BCUT2D eigenvalue weighted by Gasteiger charge is -2.14. The number of amides is 2. The molecule has 1 aliphatic heterocycles. The highest BCUT2D eigenvalue weighted by Gasteiger charge is 2.25. The van der Waals surface area contributed by atoms with Gasteiger partial charge in [-0.25, -0.2) is 12.8 Å². The number of benzene rings is 2. The molecule has 148 valence electrons. The summed E-state index contributed by atoms with van der Waals surface area (Å²) in [6, 6.07) is 9.96. The Balaban J connectivity index is 1.74. The van der Waals surface area contributed by atoms with Gasteiger partial charge in [0.1, 0.15) is 5.82 Å². The summed E-state index contributed by atoms with van der Waals surface area (Å²) in [7, 11) is -3.76. The highest BCUT2D eigenvalue weighted by molar-refractivity contribution is 7.99. The highest BCUT2D eigenvalue weighted by atomic mass is 32.2. The van der Waals surface area contributed by atoms with E-state index in [1.54, 1.807) is 6.07 Å². The summed E-state index contributed by atoms with van der Waals surface area (Å²) >= 11 is 1.48. The third-order valence-electron chi connectivity index (χ3n) is 4.18. The minimum absolute atomic E-state index is 0.0412. The average Bonchev–Trinajstić information content (AvgIpc) is 2.81. The van der Waals surface area contributed by atoms with Gasteiger partial charge in [-0.1, -0.05) is 13.0 Å². The van der Waals surface area contributed by atoms with Crippen LogP contribution in [0.5, 0.6) is 0 Å².